The summed E-state index contributed by atoms with van der Waals surface area (Å²) >= 11 is 0. The lowest BCUT2D eigenvalue weighted by Gasteiger charge is -2.04. The number of nitriles is 1. The smallest absolute Gasteiger partial charge is 0.334 e. The van der Waals surface area contributed by atoms with Crippen molar-refractivity contribution in [2.75, 3.05) is 0 Å². The van der Waals surface area contributed by atoms with E-state index >= 15 is 0 Å². The third-order valence-corrected chi connectivity index (χ3v) is 2.02. The van der Waals surface area contributed by atoms with Crippen LogP contribution in [0.3, 0.4) is 0 Å². The molecule has 3 nitrogen and oxygen atoms in total. The fourth-order valence-electron chi connectivity index (χ4n) is 0.375. The van der Waals surface area contributed by atoms with Crippen LogP contribution in [0.4, 0.5) is 0 Å². The van der Waals surface area contributed by atoms with Crippen molar-refractivity contribution in [1.82, 2.24) is 0 Å². The first-order valence-corrected chi connectivity index (χ1v) is 4.73. The average molecular weight is 169 g/mol. The molecule has 0 saturated heterocycles. The molecule has 0 aromatic carbocycles. The topological polar surface area (TPSA) is 50.1 Å². The maximum atomic E-state index is 10.8. The van der Waals surface area contributed by atoms with Gasteiger partial charge in [0.2, 0.25) is 9.76 Å². The molecule has 0 aromatic heterocycles. The second-order valence-electron chi connectivity index (χ2n) is 2.58. The van der Waals surface area contributed by atoms with Crippen molar-refractivity contribution in [2.45, 2.75) is 19.4 Å². The molecule has 60 valence electrons. The number of carbonyl (C=O) groups is 1. The minimum atomic E-state index is -0.815. The van der Waals surface area contributed by atoms with E-state index in [0.29, 0.717) is 5.54 Å². The van der Waals surface area contributed by atoms with Crippen molar-refractivity contribution in [3.63, 3.8) is 0 Å². The lowest BCUT2D eigenvalue weighted by atomic mass is 10.4. The summed E-state index contributed by atoms with van der Waals surface area (Å²) < 4.78 is 4.83. The van der Waals surface area contributed by atoms with Crippen LogP contribution in [0.1, 0.15) is 13.8 Å². The molecule has 0 aliphatic carbocycles. The van der Waals surface area contributed by atoms with E-state index in [1.54, 1.807) is 6.07 Å². The predicted molar refractivity (Wildman–Crippen MR) is 44.5 cm³/mol. The van der Waals surface area contributed by atoms with E-state index in [1.807, 2.05) is 13.8 Å². The van der Waals surface area contributed by atoms with Gasteiger partial charge in [-0.25, -0.2) is 4.79 Å². The summed E-state index contributed by atoms with van der Waals surface area (Å²) in [6.07, 6.45) is 0. The van der Waals surface area contributed by atoms with E-state index in [4.69, 9.17) is 9.69 Å². The van der Waals surface area contributed by atoms with Crippen molar-refractivity contribution in [2.24, 2.45) is 0 Å². The van der Waals surface area contributed by atoms with E-state index in [9.17, 15) is 4.79 Å². The number of rotatable bonds is 3. The summed E-state index contributed by atoms with van der Waals surface area (Å²) in [6, 6.07) is 1.64. The third-order valence-electron chi connectivity index (χ3n) is 0.929. The molecule has 0 amide bonds. The molecule has 0 rings (SSSR count). The van der Waals surface area contributed by atoms with E-state index in [0.717, 1.165) is 0 Å². The summed E-state index contributed by atoms with van der Waals surface area (Å²) in [6.45, 7) is 7.20. The Morgan fingerprint density at radius 3 is 2.64 bits per heavy atom. The van der Waals surface area contributed by atoms with Gasteiger partial charge in [0.1, 0.15) is 11.6 Å². The highest BCUT2D eigenvalue weighted by atomic mass is 28.2. The molecule has 0 heterocycles. The van der Waals surface area contributed by atoms with Crippen LogP contribution in [0.5, 0.6) is 0 Å². The standard InChI is InChI=1S/C7H11NO2Si/c1-5(2)11-10-7(9)6(3)4-8/h5H,3,11H2,1-2H3. The van der Waals surface area contributed by atoms with Crippen LogP contribution >= 0.6 is 0 Å². The van der Waals surface area contributed by atoms with Crippen LogP contribution in [-0.4, -0.2) is 15.7 Å². The predicted octanol–water partition coefficient (Wildman–Crippen LogP) is 0.521. The van der Waals surface area contributed by atoms with Crippen molar-refractivity contribution < 1.29 is 9.22 Å². The van der Waals surface area contributed by atoms with Gasteiger partial charge in [-0.3, -0.25) is 0 Å². The number of nitrogens with zero attached hydrogens (tertiary/aromatic N) is 1. The zero-order chi connectivity index (χ0) is 8.85. The van der Waals surface area contributed by atoms with Gasteiger partial charge in [-0.2, -0.15) is 5.26 Å². The third kappa shape index (κ3) is 4.34. The molecule has 11 heavy (non-hydrogen) atoms. The molecule has 0 N–H and O–H groups in total. The van der Waals surface area contributed by atoms with Gasteiger partial charge in [0, 0.05) is 0 Å². The molecular weight excluding hydrogens is 158 g/mol. The summed E-state index contributed by atoms with van der Waals surface area (Å²) in [5.41, 5.74) is 0.309. The highest BCUT2D eigenvalue weighted by molar-refractivity contribution is 6.33. The summed E-state index contributed by atoms with van der Waals surface area (Å²) in [5, 5.41) is 8.24. The van der Waals surface area contributed by atoms with Crippen molar-refractivity contribution >= 4 is 15.7 Å². The molecule has 0 aliphatic rings. The molecule has 0 radical (unpaired) electrons. The zero-order valence-corrected chi connectivity index (χ0v) is 8.17. The van der Waals surface area contributed by atoms with Gasteiger partial charge in [-0.15, -0.1) is 0 Å². The number of hydrogen-bond acceptors (Lipinski definition) is 3. The van der Waals surface area contributed by atoms with Crippen LogP contribution in [-0.2, 0) is 9.22 Å². The van der Waals surface area contributed by atoms with Gasteiger partial charge in [0.25, 0.3) is 0 Å². The Hall–Kier alpha value is -1.08. The fourth-order valence-corrected chi connectivity index (χ4v) is 1.03. The second kappa shape index (κ2) is 4.69. The molecule has 0 spiro atoms. The lowest BCUT2D eigenvalue weighted by molar-refractivity contribution is -0.129. The summed E-state index contributed by atoms with van der Waals surface area (Å²) in [5.74, 6) is -0.562. The van der Waals surface area contributed by atoms with Gasteiger partial charge in [0.05, 0.1) is 0 Å². The van der Waals surface area contributed by atoms with E-state index in [-0.39, 0.29) is 5.57 Å². The maximum absolute atomic E-state index is 10.8. The monoisotopic (exact) mass is 169 g/mol. The van der Waals surface area contributed by atoms with Crippen LogP contribution < -0.4 is 0 Å². The van der Waals surface area contributed by atoms with Crippen LogP contribution in [0.2, 0.25) is 5.54 Å². The van der Waals surface area contributed by atoms with Crippen molar-refractivity contribution in [3.8, 4) is 6.07 Å². The number of carbonyl (C=O) groups excluding carboxylic acids is 1. The second-order valence-corrected chi connectivity index (χ2v) is 4.84. The lowest BCUT2D eigenvalue weighted by Crippen LogP contribution is -2.11. The molecule has 0 atom stereocenters. The average Bonchev–Trinajstić information content (AvgIpc) is 1.98. The van der Waals surface area contributed by atoms with Gasteiger partial charge in [0.15, 0.2) is 0 Å². The Labute approximate surface area is 68.6 Å². The SMILES string of the molecule is C=C(C#N)C(=O)O[SiH2]C(C)C. The first-order chi connectivity index (χ1) is 5.07. The van der Waals surface area contributed by atoms with Crippen molar-refractivity contribution in [3.05, 3.63) is 12.2 Å². The highest BCUT2D eigenvalue weighted by Gasteiger charge is 2.07. The Morgan fingerprint density at radius 1 is 1.73 bits per heavy atom. The molecule has 0 aliphatic heterocycles. The molecule has 0 bridgehead atoms. The molecule has 4 heteroatoms. The van der Waals surface area contributed by atoms with Gasteiger partial charge in [-0.1, -0.05) is 20.4 Å². The van der Waals surface area contributed by atoms with Crippen LogP contribution in [0.25, 0.3) is 0 Å². The minimum Gasteiger partial charge on any atom is -0.521 e. The quantitative estimate of drug-likeness (QED) is 0.351. The van der Waals surface area contributed by atoms with E-state index in [1.165, 1.54) is 0 Å². The molecule has 0 unspecified atom stereocenters. The summed E-state index contributed by atoms with van der Waals surface area (Å²) in [4.78, 5) is 10.8. The Kier molecular flexibility index (Phi) is 4.23. The van der Waals surface area contributed by atoms with E-state index in [2.05, 4.69) is 6.58 Å². The maximum Gasteiger partial charge on any atom is 0.334 e. The molecule has 0 aromatic rings. The van der Waals surface area contributed by atoms with Gasteiger partial charge in [-0.05, 0) is 5.54 Å². The first kappa shape index (κ1) is 9.92. The van der Waals surface area contributed by atoms with Crippen LogP contribution in [0, 0.1) is 11.3 Å². The summed E-state index contributed by atoms with van der Waals surface area (Å²) in [7, 11) is -0.815. The van der Waals surface area contributed by atoms with Gasteiger partial charge >= 0.3 is 5.97 Å². The highest BCUT2D eigenvalue weighted by Crippen LogP contribution is 1.99. The van der Waals surface area contributed by atoms with Crippen LogP contribution in [0.15, 0.2) is 12.2 Å². The van der Waals surface area contributed by atoms with E-state index < -0.39 is 15.7 Å². The number of hydrogen-bond donors (Lipinski definition) is 0. The largest absolute Gasteiger partial charge is 0.521 e. The fraction of sp³-hybridized carbons (Fsp3) is 0.429. The zero-order valence-electron chi connectivity index (χ0n) is 6.76. The molecule has 0 fully saturated rings. The Morgan fingerprint density at radius 2 is 2.27 bits per heavy atom. The normalized spacial score (nSPS) is 10.0. The molecular formula is C7H11NO2Si. The first-order valence-electron chi connectivity index (χ1n) is 3.34. The van der Waals surface area contributed by atoms with Crippen molar-refractivity contribution in [1.29, 1.82) is 5.26 Å². The minimum absolute atomic E-state index is 0.113. The van der Waals surface area contributed by atoms with Gasteiger partial charge < -0.3 is 4.43 Å². The molecule has 0 saturated carbocycles. The Bertz CT molecular complexity index is 205. The Balaban J connectivity index is 3.73.